The first-order chi connectivity index (χ1) is 23.9. The lowest BCUT2D eigenvalue weighted by Crippen LogP contribution is -2.55. The Bertz CT molecular complexity index is 1310. The van der Waals surface area contributed by atoms with E-state index in [4.69, 9.17) is 47.7 Å². The van der Waals surface area contributed by atoms with Crippen LogP contribution in [-0.4, -0.2) is 93.5 Å². The summed E-state index contributed by atoms with van der Waals surface area (Å²) in [6.45, 7) is 14.5. The first-order valence-corrected chi connectivity index (χ1v) is 17.2. The zero-order valence-electron chi connectivity index (χ0n) is 30.1. The highest BCUT2D eigenvalue weighted by molar-refractivity contribution is 5.79. The molecule has 2 aromatic rings. The third kappa shape index (κ3) is 8.35. The van der Waals surface area contributed by atoms with Crippen LogP contribution in [0.3, 0.4) is 0 Å². The van der Waals surface area contributed by atoms with Crippen molar-refractivity contribution in [3.05, 3.63) is 41.0 Å². The van der Waals surface area contributed by atoms with Gasteiger partial charge in [0.05, 0.1) is 45.6 Å². The summed E-state index contributed by atoms with van der Waals surface area (Å²) in [7, 11) is 2.90. The average Bonchev–Trinajstić information content (AvgIpc) is 3.77. The van der Waals surface area contributed by atoms with E-state index in [1.807, 2.05) is 53.7 Å². The molecule has 3 N–H and O–H groups in total. The van der Waals surface area contributed by atoms with Crippen molar-refractivity contribution in [2.24, 2.45) is 11.8 Å². The van der Waals surface area contributed by atoms with Gasteiger partial charge in [-0.3, -0.25) is 4.79 Å². The van der Waals surface area contributed by atoms with E-state index in [-0.39, 0.29) is 69.0 Å². The summed E-state index contributed by atoms with van der Waals surface area (Å²) in [6, 6.07) is 7.13. The van der Waals surface area contributed by atoms with Gasteiger partial charge in [0.25, 0.3) is 0 Å². The van der Waals surface area contributed by atoms with Crippen LogP contribution in [0.2, 0.25) is 0 Å². The van der Waals surface area contributed by atoms with Crippen molar-refractivity contribution in [2.45, 2.75) is 91.5 Å². The van der Waals surface area contributed by atoms with Crippen molar-refractivity contribution in [3.8, 4) is 28.7 Å². The number of aromatic hydroxyl groups is 1. The molecule has 3 saturated heterocycles. The Hall–Kier alpha value is -3.33. The molecule has 5 aliphatic rings. The normalized spacial score (nSPS) is 28.4. The molecule has 7 rings (SSSR count). The molecule has 1 aliphatic carbocycles. The van der Waals surface area contributed by atoms with Crippen molar-refractivity contribution in [1.82, 2.24) is 0 Å². The zero-order valence-corrected chi connectivity index (χ0v) is 30.1. The second kappa shape index (κ2) is 19.2. The summed E-state index contributed by atoms with van der Waals surface area (Å²) in [4.78, 5) is 13.3. The van der Waals surface area contributed by atoms with Crippen molar-refractivity contribution >= 4 is 5.97 Å². The SMILES string of the molecule is CC.CC.CC.CCO.COc1cc([C@@H]2c3cc4c(cc3[C@@H](OC3C[C@@H](O)[C@@H]5OCOC[C@H]5O3)[C@H]3COC(=O)[C@H]23)OCO4)cc(OC)c1O. The third-order valence-electron chi connectivity index (χ3n) is 8.41. The van der Waals surface area contributed by atoms with Gasteiger partial charge in [0, 0.05) is 24.9 Å². The lowest BCUT2D eigenvalue weighted by Gasteiger charge is -2.44. The van der Waals surface area contributed by atoms with Gasteiger partial charge in [-0.1, -0.05) is 41.5 Å². The molecule has 8 atom stereocenters. The minimum absolute atomic E-state index is 0.0746. The molecule has 0 radical (unpaired) electrons. The van der Waals surface area contributed by atoms with Crippen molar-refractivity contribution < 1.29 is 62.7 Å². The van der Waals surface area contributed by atoms with E-state index < -0.39 is 42.5 Å². The highest BCUT2D eigenvalue weighted by Crippen LogP contribution is 2.57. The standard InChI is InChI=1S/C28H30O12.C2H6O.3C2H6/c1-32-19-3-12(4-20(33-2)25(19)30)23-13-5-17-18(37-11-36-17)6-14(13)26(15-8-35-28(31)24(15)23)40-22-7-16(29)27-21(39-22)9-34-10-38-27;1-2-3;3*1-2/h3-6,15-16,21-24,26-27,29-30H,7-11H2,1-2H3;3H,2H2,1H3;3*1-2H3/t15-,16+,21+,22?,23+,24-,26+,27-;;;;/m0..../s1. The van der Waals surface area contributed by atoms with Crippen LogP contribution in [0, 0.1) is 11.8 Å². The topological polar surface area (TPSA) is 161 Å². The zero-order chi connectivity index (χ0) is 36.2. The fourth-order valence-corrected chi connectivity index (χ4v) is 6.58. The molecular weight excluding hydrogens is 640 g/mol. The number of phenolic OH excluding ortho intramolecular Hbond substituents is 1. The summed E-state index contributed by atoms with van der Waals surface area (Å²) >= 11 is 0. The van der Waals surface area contributed by atoms with Gasteiger partial charge in [0.15, 0.2) is 29.3 Å². The predicted molar refractivity (Wildman–Crippen MR) is 179 cm³/mol. The van der Waals surface area contributed by atoms with Crippen LogP contribution < -0.4 is 18.9 Å². The summed E-state index contributed by atoms with van der Waals surface area (Å²) in [5.74, 6) is -0.449. The lowest BCUT2D eigenvalue weighted by atomic mass is 9.66. The Morgan fingerprint density at radius 3 is 2.04 bits per heavy atom. The number of cyclic esters (lactones) is 1. The molecule has 4 aliphatic heterocycles. The summed E-state index contributed by atoms with van der Waals surface area (Å²) in [6.07, 6.45) is -2.96. The Morgan fingerprint density at radius 1 is 0.857 bits per heavy atom. The largest absolute Gasteiger partial charge is 0.502 e. The number of benzene rings is 2. The van der Waals surface area contributed by atoms with Gasteiger partial charge in [-0.25, -0.2) is 0 Å². The highest BCUT2D eigenvalue weighted by atomic mass is 16.7. The number of aliphatic hydroxyl groups is 2. The van der Waals surface area contributed by atoms with Gasteiger partial charge >= 0.3 is 5.97 Å². The molecule has 2 aromatic carbocycles. The monoisotopic (exact) mass is 694 g/mol. The quantitative estimate of drug-likeness (QED) is 0.357. The molecule has 276 valence electrons. The summed E-state index contributed by atoms with van der Waals surface area (Å²) in [5, 5.41) is 28.9. The van der Waals surface area contributed by atoms with Crippen LogP contribution in [0.5, 0.6) is 28.7 Å². The molecule has 0 spiro atoms. The van der Waals surface area contributed by atoms with Crippen LogP contribution in [0.15, 0.2) is 24.3 Å². The van der Waals surface area contributed by atoms with Crippen molar-refractivity contribution in [2.75, 3.05) is 47.6 Å². The van der Waals surface area contributed by atoms with Crippen LogP contribution in [0.1, 0.15) is 83.6 Å². The van der Waals surface area contributed by atoms with E-state index in [9.17, 15) is 15.0 Å². The number of carbonyl (C=O) groups is 1. The third-order valence-corrected chi connectivity index (χ3v) is 8.41. The molecule has 0 bridgehead atoms. The molecule has 13 heteroatoms. The molecular formula is C36H54O13. The van der Waals surface area contributed by atoms with Gasteiger partial charge in [-0.2, -0.15) is 0 Å². The Morgan fingerprint density at radius 2 is 1.45 bits per heavy atom. The molecule has 49 heavy (non-hydrogen) atoms. The molecule has 0 amide bonds. The van der Waals surface area contributed by atoms with Crippen LogP contribution in [0.4, 0.5) is 0 Å². The van der Waals surface area contributed by atoms with Gasteiger partial charge < -0.3 is 58.0 Å². The summed E-state index contributed by atoms with van der Waals surface area (Å²) < 4.78 is 51.5. The molecule has 3 fully saturated rings. The number of carbonyl (C=O) groups excluding carboxylic acids is 1. The van der Waals surface area contributed by atoms with E-state index in [1.165, 1.54) is 14.2 Å². The summed E-state index contributed by atoms with van der Waals surface area (Å²) in [5.41, 5.74) is 2.27. The molecule has 4 heterocycles. The number of aliphatic hydroxyl groups excluding tert-OH is 2. The molecule has 0 saturated carbocycles. The number of methoxy groups -OCH3 is 2. The number of hydrogen-bond acceptors (Lipinski definition) is 13. The molecule has 13 nitrogen and oxygen atoms in total. The highest BCUT2D eigenvalue weighted by Gasteiger charge is 2.54. The van der Waals surface area contributed by atoms with Crippen LogP contribution in [0.25, 0.3) is 0 Å². The van der Waals surface area contributed by atoms with Gasteiger partial charge in [-0.15, -0.1) is 0 Å². The number of fused-ring (bicyclic) bond motifs is 4. The van der Waals surface area contributed by atoms with Gasteiger partial charge in [0.1, 0.15) is 19.0 Å². The van der Waals surface area contributed by atoms with Crippen LogP contribution in [-0.2, 0) is 28.5 Å². The Labute approximate surface area is 289 Å². The average molecular weight is 695 g/mol. The Balaban J connectivity index is 0.000000665. The van der Waals surface area contributed by atoms with Gasteiger partial charge in [0.2, 0.25) is 12.5 Å². The van der Waals surface area contributed by atoms with E-state index in [0.29, 0.717) is 17.1 Å². The Kier molecular flexibility index (Phi) is 15.7. The van der Waals surface area contributed by atoms with E-state index >= 15 is 0 Å². The smallest absolute Gasteiger partial charge is 0.310 e. The molecule has 0 aromatic heterocycles. The predicted octanol–water partition coefficient (Wildman–Crippen LogP) is 5.06. The first kappa shape index (κ1) is 40.1. The van der Waals surface area contributed by atoms with Crippen molar-refractivity contribution in [1.29, 1.82) is 0 Å². The minimum Gasteiger partial charge on any atom is -0.502 e. The van der Waals surface area contributed by atoms with E-state index in [1.54, 1.807) is 19.1 Å². The number of phenols is 1. The number of esters is 1. The van der Waals surface area contributed by atoms with Crippen molar-refractivity contribution in [3.63, 3.8) is 0 Å². The fourth-order valence-electron chi connectivity index (χ4n) is 6.58. The molecule has 1 unspecified atom stereocenters. The number of ether oxygens (including phenoxy) is 9. The second-order valence-electron chi connectivity index (χ2n) is 10.8. The van der Waals surface area contributed by atoms with Gasteiger partial charge in [-0.05, 0) is 47.9 Å². The maximum atomic E-state index is 13.3. The maximum Gasteiger partial charge on any atom is 0.310 e. The van der Waals surface area contributed by atoms with E-state index in [2.05, 4.69) is 0 Å². The number of rotatable bonds is 5. The van der Waals surface area contributed by atoms with E-state index in [0.717, 1.165) is 11.1 Å². The minimum atomic E-state index is -0.797. The fraction of sp³-hybridized carbons (Fsp3) is 0.639. The lowest BCUT2D eigenvalue weighted by molar-refractivity contribution is -0.319. The number of hydrogen-bond donors (Lipinski definition) is 3. The second-order valence-corrected chi connectivity index (χ2v) is 10.8. The van der Waals surface area contributed by atoms with Crippen LogP contribution >= 0.6 is 0 Å². The maximum absolute atomic E-state index is 13.3. The first-order valence-electron chi connectivity index (χ1n) is 17.2.